The molecule has 13 heteroatoms. The average molecular weight is 563 g/mol. The maximum absolute atomic E-state index is 13.7. The van der Waals surface area contributed by atoms with E-state index in [1.807, 2.05) is 19.2 Å². The first-order chi connectivity index (χ1) is 17.4. The molecule has 7 atom stereocenters. The fraction of sp³-hybridized carbons (Fsp3) is 0.800. The number of alkyl halides is 3. The third-order valence-electron chi connectivity index (χ3n) is 7.77. The van der Waals surface area contributed by atoms with Gasteiger partial charge in [0.1, 0.15) is 18.4 Å². The lowest BCUT2D eigenvalue weighted by Crippen LogP contribution is -2.61. The number of hydrogen-bond acceptors (Lipinski definition) is 6. The van der Waals surface area contributed by atoms with Crippen LogP contribution >= 0.6 is 11.6 Å². The van der Waals surface area contributed by atoms with Crippen LogP contribution in [0.15, 0.2) is 0 Å². The summed E-state index contributed by atoms with van der Waals surface area (Å²) in [5, 5.41) is 3.10. The Balaban J connectivity index is 1.83. The highest BCUT2D eigenvalue weighted by atomic mass is 35.5. The van der Waals surface area contributed by atoms with Gasteiger partial charge in [-0.3, -0.25) is 19.2 Å². The molecule has 0 bridgehead atoms. The molecule has 4 amide bonds. The van der Waals surface area contributed by atoms with E-state index in [-0.39, 0.29) is 36.1 Å². The maximum Gasteiger partial charge on any atom is 0.399 e. The highest BCUT2D eigenvalue weighted by molar-refractivity contribution is 6.32. The van der Waals surface area contributed by atoms with Crippen molar-refractivity contribution in [3.8, 4) is 0 Å². The summed E-state index contributed by atoms with van der Waals surface area (Å²) in [6.45, 7) is 11.2. The predicted octanol–water partition coefficient (Wildman–Crippen LogP) is 1.20. The third-order valence-corrected chi connectivity index (χ3v) is 7.94. The van der Waals surface area contributed by atoms with E-state index in [4.69, 9.17) is 16.3 Å². The minimum Gasteiger partial charge on any atom is -0.370 e. The van der Waals surface area contributed by atoms with E-state index >= 15 is 0 Å². The van der Waals surface area contributed by atoms with Gasteiger partial charge in [-0.15, -0.1) is 0 Å². The smallest absolute Gasteiger partial charge is 0.370 e. The fourth-order valence-electron chi connectivity index (χ4n) is 5.81. The van der Waals surface area contributed by atoms with Crippen LogP contribution in [-0.4, -0.2) is 83.1 Å². The SMILES string of the molecule is C[C@@H](OC(C)(C)C)[C@H](NC(=O)C(F)(F)Cl)C(=O)N1C[C@H]2[C@@H]([C@H]1C(=O)N[C@H](C=O)C[C@@H]1CCNC1=O)C2(C)C. The van der Waals surface area contributed by atoms with Crippen LogP contribution < -0.4 is 16.0 Å². The largest absolute Gasteiger partial charge is 0.399 e. The minimum absolute atomic E-state index is 0.0397. The summed E-state index contributed by atoms with van der Waals surface area (Å²) in [6.07, 6.45) is 0.190. The fourth-order valence-corrected chi connectivity index (χ4v) is 5.87. The summed E-state index contributed by atoms with van der Waals surface area (Å²) in [5.74, 6) is -4.08. The lowest BCUT2D eigenvalue weighted by molar-refractivity contribution is -0.152. The zero-order chi connectivity index (χ0) is 28.8. The molecule has 214 valence electrons. The van der Waals surface area contributed by atoms with E-state index in [1.165, 1.54) is 11.8 Å². The number of ether oxygens (including phenoxy) is 1. The summed E-state index contributed by atoms with van der Waals surface area (Å²) < 4.78 is 32.9. The number of nitrogens with zero attached hydrogens (tertiary/aromatic N) is 1. The molecule has 1 aliphatic carbocycles. The van der Waals surface area contributed by atoms with Crippen LogP contribution in [0.5, 0.6) is 0 Å². The van der Waals surface area contributed by atoms with Crippen LogP contribution in [0, 0.1) is 23.2 Å². The first-order valence-electron chi connectivity index (χ1n) is 12.8. The minimum atomic E-state index is -4.25. The molecule has 2 heterocycles. The number of carbonyl (C=O) groups is 5. The van der Waals surface area contributed by atoms with Gasteiger partial charge < -0.3 is 30.4 Å². The van der Waals surface area contributed by atoms with E-state index in [0.717, 1.165) is 0 Å². The van der Waals surface area contributed by atoms with E-state index in [9.17, 15) is 32.8 Å². The summed E-state index contributed by atoms with van der Waals surface area (Å²) in [7, 11) is 0. The van der Waals surface area contributed by atoms with Crippen LogP contribution in [-0.2, 0) is 28.7 Å². The summed E-state index contributed by atoms with van der Waals surface area (Å²) in [5.41, 5.74) is -1.04. The van der Waals surface area contributed by atoms with E-state index < -0.39 is 58.9 Å². The van der Waals surface area contributed by atoms with Crippen LogP contribution in [0.4, 0.5) is 8.78 Å². The van der Waals surface area contributed by atoms with Crippen molar-refractivity contribution < 1.29 is 37.5 Å². The number of amides is 4. The molecular formula is C25H37ClF2N4O6. The molecule has 3 fully saturated rings. The average Bonchev–Trinajstić information content (AvgIpc) is 3.14. The van der Waals surface area contributed by atoms with E-state index in [0.29, 0.717) is 19.3 Å². The Labute approximate surface area is 225 Å². The van der Waals surface area contributed by atoms with Crippen molar-refractivity contribution in [3.63, 3.8) is 0 Å². The van der Waals surface area contributed by atoms with Gasteiger partial charge in [-0.05, 0) is 69.4 Å². The van der Waals surface area contributed by atoms with E-state index in [2.05, 4.69) is 10.6 Å². The summed E-state index contributed by atoms with van der Waals surface area (Å²) >= 11 is 4.89. The number of piperidine rings is 1. The molecule has 10 nitrogen and oxygen atoms in total. The van der Waals surface area contributed by atoms with Gasteiger partial charge in [-0.2, -0.15) is 8.78 Å². The molecule has 38 heavy (non-hydrogen) atoms. The van der Waals surface area contributed by atoms with Crippen molar-refractivity contribution in [2.45, 2.75) is 89.6 Å². The molecule has 0 aromatic heterocycles. The Hall–Kier alpha value is -2.34. The van der Waals surface area contributed by atoms with Crippen LogP contribution in [0.25, 0.3) is 0 Å². The number of carbonyl (C=O) groups excluding carboxylic acids is 5. The summed E-state index contributed by atoms with van der Waals surface area (Å²) in [6, 6.07) is -3.49. The quantitative estimate of drug-likeness (QED) is 0.271. The lowest BCUT2D eigenvalue weighted by atomic mass is 9.97. The van der Waals surface area contributed by atoms with Gasteiger partial charge in [-0.1, -0.05) is 13.8 Å². The Morgan fingerprint density at radius 1 is 1.26 bits per heavy atom. The maximum atomic E-state index is 13.7. The number of fused-ring (bicyclic) bond motifs is 1. The highest BCUT2D eigenvalue weighted by Gasteiger charge is 2.69. The van der Waals surface area contributed by atoms with Gasteiger partial charge in [0.2, 0.25) is 17.7 Å². The molecule has 2 saturated heterocycles. The monoisotopic (exact) mass is 562 g/mol. The van der Waals surface area contributed by atoms with Crippen LogP contribution in [0.3, 0.4) is 0 Å². The van der Waals surface area contributed by atoms with Gasteiger partial charge in [0.25, 0.3) is 0 Å². The summed E-state index contributed by atoms with van der Waals surface area (Å²) in [4.78, 5) is 64.3. The second-order valence-corrected chi connectivity index (χ2v) is 12.5. The lowest BCUT2D eigenvalue weighted by Gasteiger charge is -2.37. The molecule has 0 aromatic rings. The highest BCUT2D eigenvalue weighted by Crippen LogP contribution is 2.65. The van der Waals surface area contributed by atoms with Gasteiger partial charge in [-0.25, -0.2) is 0 Å². The second kappa shape index (κ2) is 10.7. The number of nitrogens with one attached hydrogen (secondary N) is 3. The van der Waals surface area contributed by atoms with Crippen molar-refractivity contribution in [2.24, 2.45) is 23.2 Å². The zero-order valence-electron chi connectivity index (χ0n) is 22.5. The van der Waals surface area contributed by atoms with Crippen molar-refractivity contribution in [2.75, 3.05) is 13.1 Å². The molecular weight excluding hydrogens is 526 g/mol. The molecule has 0 unspecified atom stereocenters. The Kier molecular flexibility index (Phi) is 8.48. The predicted molar refractivity (Wildman–Crippen MR) is 133 cm³/mol. The van der Waals surface area contributed by atoms with E-state index in [1.54, 1.807) is 20.8 Å². The van der Waals surface area contributed by atoms with Crippen LogP contribution in [0.1, 0.15) is 54.4 Å². The zero-order valence-corrected chi connectivity index (χ0v) is 23.2. The molecule has 1 saturated carbocycles. The number of aldehydes is 1. The molecule has 0 radical (unpaired) electrons. The van der Waals surface area contributed by atoms with Gasteiger partial charge in [0, 0.05) is 19.0 Å². The third kappa shape index (κ3) is 6.44. The van der Waals surface area contributed by atoms with Gasteiger partial charge in [0.15, 0.2) is 0 Å². The number of likely N-dealkylation sites (tertiary alicyclic amines) is 1. The molecule has 0 aromatic carbocycles. The normalized spacial score (nSPS) is 28.6. The first-order valence-corrected chi connectivity index (χ1v) is 13.2. The Morgan fingerprint density at radius 3 is 2.39 bits per heavy atom. The standard InChI is InChI=1S/C25H37ClF2N4O6/c1-12(38-23(2,3)4)17(31-22(37)25(26,27)28)21(36)32-10-15-16(24(15,5)6)18(32)20(35)30-14(11-33)9-13-7-8-29-19(13)34/h11-18H,7-10H2,1-6H3,(H,29,34)(H,30,35)(H,31,37)/t12-,13+,14+,15+,16+,17+,18+/m1/s1. The van der Waals surface area contributed by atoms with Crippen molar-refractivity contribution >= 4 is 41.5 Å². The second-order valence-electron chi connectivity index (χ2n) is 12.0. The van der Waals surface area contributed by atoms with Crippen molar-refractivity contribution in [3.05, 3.63) is 0 Å². The molecule has 3 aliphatic rings. The number of rotatable bonds is 10. The molecule has 3 N–H and O–H groups in total. The van der Waals surface area contributed by atoms with Gasteiger partial charge >= 0.3 is 11.3 Å². The first kappa shape index (κ1) is 30.2. The van der Waals surface area contributed by atoms with Crippen molar-refractivity contribution in [1.82, 2.24) is 20.9 Å². The Morgan fingerprint density at radius 2 is 1.89 bits per heavy atom. The molecule has 0 spiro atoms. The number of hydrogen-bond donors (Lipinski definition) is 3. The van der Waals surface area contributed by atoms with Gasteiger partial charge in [0.05, 0.1) is 17.7 Å². The Bertz CT molecular complexity index is 982. The molecule has 2 aliphatic heterocycles. The molecule has 3 rings (SSSR count). The van der Waals surface area contributed by atoms with Crippen molar-refractivity contribution in [1.29, 1.82) is 0 Å². The topological polar surface area (TPSA) is 134 Å². The van der Waals surface area contributed by atoms with Crippen LogP contribution in [0.2, 0.25) is 0 Å². The number of halogens is 3.